The highest BCUT2D eigenvalue weighted by Gasteiger charge is 2.62. The number of hydrogen-bond acceptors (Lipinski definition) is 10. The Labute approximate surface area is 316 Å². The number of rotatable bonds is 6. The molecule has 3 saturated carbocycles. The van der Waals surface area contributed by atoms with Gasteiger partial charge in [-0.25, -0.2) is 23.2 Å². The number of hydrogen-bond donors (Lipinski definition) is 3. The van der Waals surface area contributed by atoms with Crippen molar-refractivity contribution in [3.8, 4) is 5.88 Å². The van der Waals surface area contributed by atoms with E-state index in [2.05, 4.69) is 21.9 Å². The molecule has 1 aromatic carbocycles. The first-order valence-corrected chi connectivity index (χ1v) is 20.9. The normalized spacial score (nSPS) is 30.8. The zero-order valence-electron chi connectivity index (χ0n) is 31.3. The number of amides is 4. The van der Waals surface area contributed by atoms with E-state index < -0.39 is 74.1 Å². The first-order chi connectivity index (χ1) is 25.7. The third kappa shape index (κ3) is 7.92. The standard InChI is InChI=1S/C39H52N6O8S/c1-5-24-21-39(24,36(48)44-54(50,51)26-18-19-26)43-33(46)30-20-25-22-45(30)35(47)32(38(2,3)4)42-37(49)53-31-17-11-13-23(31)12-7-6-8-16-29-34(52-25)41-28-15-10-9-14-27(28)40-29/h5,9-10,14-15,23-26,30-32H,1,6-8,11-13,16-22H2,2-4H3,(H,42,49)(H,43,46)(H,44,48)/t23-,24-,25-,30+,31-,32-,39-/m1/s1. The Morgan fingerprint density at radius 1 is 1.00 bits per heavy atom. The number of aromatic nitrogens is 2. The van der Waals surface area contributed by atoms with Gasteiger partial charge in [-0.15, -0.1) is 6.58 Å². The highest BCUT2D eigenvalue weighted by molar-refractivity contribution is 7.91. The van der Waals surface area contributed by atoms with E-state index in [4.69, 9.17) is 19.4 Å². The Bertz CT molecular complexity index is 1930. The average molecular weight is 765 g/mol. The first-order valence-electron chi connectivity index (χ1n) is 19.4. The minimum Gasteiger partial charge on any atom is -0.471 e. The van der Waals surface area contributed by atoms with Gasteiger partial charge in [0.2, 0.25) is 27.7 Å². The van der Waals surface area contributed by atoms with E-state index in [1.54, 1.807) is 0 Å². The van der Waals surface area contributed by atoms with Crippen molar-refractivity contribution >= 4 is 44.9 Å². The fourth-order valence-electron chi connectivity index (χ4n) is 8.30. The van der Waals surface area contributed by atoms with E-state index in [0.717, 1.165) is 50.5 Å². The number of benzene rings is 1. The molecule has 7 atom stereocenters. The van der Waals surface area contributed by atoms with Gasteiger partial charge in [0.25, 0.3) is 5.91 Å². The molecule has 2 aromatic rings. The van der Waals surface area contributed by atoms with E-state index in [0.29, 0.717) is 36.4 Å². The number of nitrogens with zero attached hydrogens (tertiary/aromatic N) is 3. The molecule has 3 N–H and O–H groups in total. The Hall–Kier alpha value is -4.27. The monoisotopic (exact) mass is 764 g/mol. The molecule has 0 unspecified atom stereocenters. The largest absolute Gasteiger partial charge is 0.471 e. The second-order valence-corrected chi connectivity index (χ2v) is 18.8. The van der Waals surface area contributed by atoms with Gasteiger partial charge in [0.1, 0.15) is 35.5 Å². The first kappa shape index (κ1) is 38.0. The Morgan fingerprint density at radius 3 is 2.41 bits per heavy atom. The summed E-state index contributed by atoms with van der Waals surface area (Å²) in [5.41, 5.74) is -0.237. The highest BCUT2D eigenvalue weighted by atomic mass is 32.2. The molecule has 7 rings (SSSR count). The van der Waals surface area contributed by atoms with Gasteiger partial charge in [0.15, 0.2) is 0 Å². The molecule has 3 heterocycles. The van der Waals surface area contributed by atoms with E-state index in [9.17, 15) is 27.6 Å². The van der Waals surface area contributed by atoms with Gasteiger partial charge in [-0.1, -0.05) is 51.8 Å². The summed E-state index contributed by atoms with van der Waals surface area (Å²) in [5.74, 6) is -1.91. The number of carbonyl (C=O) groups is 4. The second kappa shape index (κ2) is 14.8. The van der Waals surface area contributed by atoms with E-state index in [1.165, 1.54) is 11.0 Å². The molecule has 0 spiro atoms. The summed E-state index contributed by atoms with van der Waals surface area (Å²) in [4.78, 5) is 67.2. The summed E-state index contributed by atoms with van der Waals surface area (Å²) in [6.07, 6.45) is 8.05. The van der Waals surface area contributed by atoms with Crippen LogP contribution in [0.1, 0.15) is 97.1 Å². The quantitative estimate of drug-likeness (QED) is 0.362. The van der Waals surface area contributed by atoms with Crippen LogP contribution in [-0.4, -0.2) is 88.7 Å². The summed E-state index contributed by atoms with van der Waals surface area (Å²) in [7, 11) is -3.89. The maximum atomic E-state index is 14.7. The Kier molecular flexibility index (Phi) is 10.4. The molecular weight excluding hydrogens is 713 g/mol. The fourth-order valence-corrected chi connectivity index (χ4v) is 9.66. The SMILES string of the molecule is C=C[C@@H]1C[C@]1(NC(=O)[C@@H]1C[C@@H]2CN1C(=O)[C@H](C(C)(C)C)NC(=O)O[C@@H]1CCC[C@H]1CCCCCc1nc3ccccc3nc1O2)C(=O)NS(=O)(=O)C1CC1. The van der Waals surface area contributed by atoms with Crippen molar-refractivity contribution < 1.29 is 37.1 Å². The lowest BCUT2D eigenvalue weighted by atomic mass is 9.85. The topological polar surface area (TPSA) is 186 Å². The van der Waals surface area contributed by atoms with Crippen LogP contribution in [0.25, 0.3) is 11.0 Å². The third-order valence-electron chi connectivity index (χ3n) is 11.7. The van der Waals surface area contributed by atoms with Crippen molar-refractivity contribution in [1.29, 1.82) is 0 Å². The van der Waals surface area contributed by atoms with Crippen molar-refractivity contribution in [2.45, 2.75) is 133 Å². The zero-order chi connectivity index (χ0) is 38.4. The Morgan fingerprint density at radius 2 is 1.72 bits per heavy atom. The van der Waals surface area contributed by atoms with Crippen LogP contribution in [-0.2, 0) is 35.6 Å². The molecule has 4 fully saturated rings. The van der Waals surface area contributed by atoms with Gasteiger partial charge in [-0.3, -0.25) is 19.1 Å². The smallest absolute Gasteiger partial charge is 0.408 e. The van der Waals surface area contributed by atoms with Crippen molar-refractivity contribution in [3.63, 3.8) is 0 Å². The van der Waals surface area contributed by atoms with Crippen molar-refractivity contribution in [1.82, 2.24) is 30.2 Å². The predicted octanol–water partition coefficient (Wildman–Crippen LogP) is 4.07. The van der Waals surface area contributed by atoms with Crippen LogP contribution >= 0.6 is 0 Å². The zero-order valence-corrected chi connectivity index (χ0v) is 32.2. The lowest BCUT2D eigenvalue weighted by molar-refractivity contribution is -0.143. The van der Waals surface area contributed by atoms with Gasteiger partial charge in [0, 0.05) is 12.3 Å². The molecule has 4 amide bonds. The van der Waals surface area contributed by atoms with Crippen molar-refractivity contribution in [2.75, 3.05) is 6.54 Å². The Balaban J connectivity index is 1.21. The molecule has 0 radical (unpaired) electrons. The summed E-state index contributed by atoms with van der Waals surface area (Å²) in [6, 6.07) is 5.34. The number of sulfonamides is 1. The van der Waals surface area contributed by atoms with E-state index in [1.807, 2.05) is 45.0 Å². The summed E-state index contributed by atoms with van der Waals surface area (Å²) < 4.78 is 40.2. The van der Waals surface area contributed by atoms with Gasteiger partial charge in [-0.2, -0.15) is 0 Å². The number of carbonyl (C=O) groups excluding carboxylic acids is 4. The lowest BCUT2D eigenvalue weighted by Crippen LogP contribution is -2.60. The summed E-state index contributed by atoms with van der Waals surface area (Å²) in [6.45, 7) is 9.26. The van der Waals surface area contributed by atoms with Crippen LogP contribution in [0.5, 0.6) is 5.88 Å². The molecule has 14 nitrogen and oxygen atoms in total. The number of alkyl carbamates (subject to hydrolysis) is 1. The number of fused-ring (bicyclic) bond motifs is 5. The van der Waals surface area contributed by atoms with Gasteiger partial charge in [-0.05, 0) is 81.3 Å². The summed E-state index contributed by atoms with van der Waals surface area (Å²) in [5, 5.41) is 5.04. The van der Waals surface area contributed by atoms with Crippen LogP contribution < -0.4 is 20.1 Å². The second-order valence-electron chi connectivity index (χ2n) is 16.8. The molecule has 1 aromatic heterocycles. The summed E-state index contributed by atoms with van der Waals surface area (Å²) >= 11 is 0. The van der Waals surface area contributed by atoms with Crippen molar-refractivity contribution in [3.05, 3.63) is 42.6 Å². The lowest BCUT2D eigenvalue weighted by Gasteiger charge is -2.35. The fraction of sp³-hybridized carbons (Fsp3) is 0.641. The average Bonchev–Trinajstić information content (AvgIpc) is 4.01. The molecule has 1 saturated heterocycles. The van der Waals surface area contributed by atoms with Gasteiger partial charge in [0.05, 0.1) is 22.8 Å². The minimum atomic E-state index is -3.89. The molecule has 292 valence electrons. The maximum absolute atomic E-state index is 14.7. The molecule has 54 heavy (non-hydrogen) atoms. The highest BCUT2D eigenvalue weighted by Crippen LogP contribution is 2.45. The van der Waals surface area contributed by atoms with Crippen molar-refractivity contribution in [2.24, 2.45) is 17.3 Å². The number of ether oxygens (including phenoxy) is 2. The molecule has 15 heteroatoms. The predicted molar refractivity (Wildman–Crippen MR) is 199 cm³/mol. The van der Waals surface area contributed by atoms with Crippen LogP contribution in [0.2, 0.25) is 0 Å². The molecule has 2 aliphatic heterocycles. The van der Waals surface area contributed by atoms with Crippen LogP contribution in [0, 0.1) is 17.3 Å². The van der Waals surface area contributed by atoms with Gasteiger partial charge >= 0.3 is 6.09 Å². The van der Waals surface area contributed by atoms with Crippen LogP contribution in [0.15, 0.2) is 36.9 Å². The molecular formula is C39H52N6O8S. The molecule has 3 aliphatic carbocycles. The number of nitrogens with one attached hydrogen (secondary N) is 3. The van der Waals surface area contributed by atoms with Crippen LogP contribution in [0.3, 0.4) is 0 Å². The molecule has 5 aliphatic rings. The van der Waals surface area contributed by atoms with Gasteiger partial charge < -0.3 is 25.0 Å². The third-order valence-corrected chi connectivity index (χ3v) is 13.5. The number of aryl methyl sites for hydroxylation is 1. The van der Waals surface area contributed by atoms with Crippen LogP contribution in [0.4, 0.5) is 4.79 Å². The van der Waals surface area contributed by atoms with E-state index in [-0.39, 0.29) is 31.4 Å². The maximum Gasteiger partial charge on any atom is 0.408 e. The minimum absolute atomic E-state index is 0.0149. The number of para-hydroxylation sites is 2. The molecule has 2 bridgehead atoms. The van der Waals surface area contributed by atoms with E-state index >= 15 is 0 Å².